The number of carboxylic acids is 1. The molecule has 1 aromatic rings. The molecule has 0 saturated heterocycles. The number of aromatic nitrogens is 2. The molecule has 1 heterocycles. The second kappa shape index (κ2) is 4.82. The molecule has 1 aromatic heterocycles. The molecule has 17 heavy (non-hydrogen) atoms. The van der Waals surface area contributed by atoms with Gasteiger partial charge in [0.25, 0.3) is 0 Å². The molecule has 1 aliphatic rings. The van der Waals surface area contributed by atoms with Crippen molar-refractivity contribution in [3.05, 3.63) is 24.5 Å². The molecule has 1 amide bonds. The molecule has 1 aliphatic carbocycles. The Morgan fingerprint density at radius 3 is 2.82 bits per heavy atom. The summed E-state index contributed by atoms with van der Waals surface area (Å²) >= 11 is 0. The summed E-state index contributed by atoms with van der Waals surface area (Å²) < 4.78 is 1.27. The highest BCUT2D eigenvalue weighted by molar-refractivity contribution is 5.92. The van der Waals surface area contributed by atoms with Gasteiger partial charge in [-0.1, -0.05) is 12.2 Å². The zero-order chi connectivity index (χ0) is 12.3. The van der Waals surface area contributed by atoms with Gasteiger partial charge >= 0.3 is 5.97 Å². The number of hydrogen-bond donors (Lipinski definition) is 2. The average Bonchev–Trinajstić information content (AvgIpc) is 2.87. The monoisotopic (exact) mass is 235 g/mol. The van der Waals surface area contributed by atoms with E-state index < -0.39 is 5.97 Å². The number of nitrogens with zero attached hydrogens (tertiary/aromatic N) is 2. The lowest BCUT2D eigenvalue weighted by Gasteiger charge is -2.08. The largest absolute Gasteiger partial charge is 0.480 e. The molecule has 6 nitrogen and oxygen atoms in total. The Morgan fingerprint density at radius 2 is 2.18 bits per heavy atom. The number of hydrogen-bond acceptors (Lipinski definition) is 3. The molecule has 0 radical (unpaired) electrons. The highest BCUT2D eigenvalue weighted by Crippen LogP contribution is 2.19. The fourth-order valence-corrected chi connectivity index (χ4v) is 1.73. The van der Waals surface area contributed by atoms with E-state index in [0.29, 0.717) is 5.69 Å². The predicted molar refractivity (Wildman–Crippen MR) is 60.4 cm³/mol. The lowest BCUT2D eigenvalue weighted by molar-refractivity contribution is -0.137. The first-order valence-electron chi connectivity index (χ1n) is 5.35. The van der Waals surface area contributed by atoms with Crippen molar-refractivity contribution in [2.45, 2.75) is 19.4 Å². The first kappa shape index (κ1) is 11.4. The Kier molecular flexibility index (Phi) is 3.22. The van der Waals surface area contributed by atoms with E-state index in [1.54, 1.807) is 0 Å². The van der Waals surface area contributed by atoms with Crippen molar-refractivity contribution >= 4 is 17.6 Å². The summed E-state index contributed by atoms with van der Waals surface area (Å²) in [5.74, 6) is -1.03. The molecule has 0 spiro atoms. The van der Waals surface area contributed by atoms with Crippen LogP contribution in [0.3, 0.4) is 0 Å². The number of amides is 1. The minimum Gasteiger partial charge on any atom is -0.480 e. The Balaban J connectivity index is 1.92. The summed E-state index contributed by atoms with van der Waals surface area (Å²) in [7, 11) is 0. The van der Waals surface area contributed by atoms with Crippen LogP contribution in [0.15, 0.2) is 24.5 Å². The molecule has 0 saturated carbocycles. The van der Waals surface area contributed by atoms with E-state index in [9.17, 15) is 9.59 Å². The number of carbonyl (C=O) groups excluding carboxylic acids is 1. The van der Waals surface area contributed by atoms with E-state index in [0.717, 1.165) is 12.8 Å². The fraction of sp³-hybridized carbons (Fsp3) is 0.364. The number of rotatable bonds is 4. The van der Waals surface area contributed by atoms with Crippen LogP contribution in [0.5, 0.6) is 0 Å². The van der Waals surface area contributed by atoms with Crippen LogP contribution < -0.4 is 5.32 Å². The van der Waals surface area contributed by atoms with Crippen LogP contribution in [0.2, 0.25) is 0 Å². The van der Waals surface area contributed by atoms with Gasteiger partial charge in [0.2, 0.25) is 5.91 Å². The first-order valence-corrected chi connectivity index (χ1v) is 5.35. The Labute approximate surface area is 97.9 Å². The van der Waals surface area contributed by atoms with Crippen LogP contribution in [0, 0.1) is 5.92 Å². The number of carbonyl (C=O) groups is 2. The second-order valence-electron chi connectivity index (χ2n) is 3.95. The molecule has 2 N–H and O–H groups in total. The standard InChI is InChI=1S/C11H13N3O3/c15-10(16)7-14-6-9(5-12-14)13-11(17)8-3-1-2-4-8/h1-2,5-6,8H,3-4,7H2,(H,13,17)(H,15,16). The van der Waals surface area contributed by atoms with Crippen LogP contribution in [0.4, 0.5) is 5.69 Å². The van der Waals surface area contributed by atoms with Gasteiger partial charge in [-0.25, -0.2) is 0 Å². The normalized spacial score (nSPS) is 15.1. The number of allylic oxidation sites excluding steroid dienone is 2. The van der Waals surface area contributed by atoms with Gasteiger partial charge in [-0.15, -0.1) is 0 Å². The van der Waals surface area contributed by atoms with Crippen LogP contribution in [-0.4, -0.2) is 26.8 Å². The van der Waals surface area contributed by atoms with Crippen molar-refractivity contribution < 1.29 is 14.7 Å². The molecule has 90 valence electrons. The third kappa shape index (κ3) is 2.93. The zero-order valence-corrected chi connectivity index (χ0v) is 9.17. The maximum Gasteiger partial charge on any atom is 0.325 e. The minimum absolute atomic E-state index is 0.0159. The van der Waals surface area contributed by atoms with Crippen LogP contribution in [0.25, 0.3) is 0 Å². The summed E-state index contributed by atoms with van der Waals surface area (Å²) in [4.78, 5) is 22.2. The van der Waals surface area contributed by atoms with Gasteiger partial charge in [-0.05, 0) is 12.8 Å². The minimum atomic E-state index is -0.967. The molecular weight excluding hydrogens is 222 g/mol. The van der Waals surface area contributed by atoms with Crippen LogP contribution in [0.1, 0.15) is 12.8 Å². The van der Waals surface area contributed by atoms with E-state index >= 15 is 0 Å². The van der Waals surface area contributed by atoms with E-state index in [1.165, 1.54) is 17.1 Å². The fourth-order valence-electron chi connectivity index (χ4n) is 1.73. The molecule has 2 rings (SSSR count). The number of carboxylic acid groups (broad SMARTS) is 1. The predicted octanol–water partition coefficient (Wildman–Crippen LogP) is 0.872. The average molecular weight is 235 g/mol. The second-order valence-corrected chi connectivity index (χ2v) is 3.95. The van der Waals surface area contributed by atoms with E-state index in [-0.39, 0.29) is 18.4 Å². The van der Waals surface area contributed by atoms with Gasteiger partial charge in [0.15, 0.2) is 0 Å². The zero-order valence-electron chi connectivity index (χ0n) is 9.17. The van der Waals surface area contributed by atoms with Gasteiger partial charge in [-0.3, -0.25) is 14.3 Å². The third-order valence-corrected chi connectivity index (χ3v) is 2.58. The van der Waals surface area contributed by atoms with Gasteiger partial charge in [0.1, 0.15) is 6.54 Å². The number of aliphatic carboxylic acids is 1. The Hall–Kier alpha value is -2.11. The summed E-state index contributed by atoms with van der Waals surface area (Å²) in [5, 5.41) is 15.1. The van der Waals surface area contributed by atoms with Crippen molar-refractivity contribution in [2.75, 3.05) is 5.32 Å². The highest BCUT2D eigenvalue weighted by Gasteiger charge is 2.19. The topological polar surface area (TPSA) is 84.2 Å². The van der Waals surface area contributed by atoms with Crippen LogP contribution in [-0.2, 0) is 16.1 Å². The highest BCUT2D eigenvalue weighted by atomic mass is 16.4. The molecule has 0 atom stereocenters. The molecule has 6 heteroatoms. The van der Waals surface area contributed by atoms with E-state index in [1.807, 2.05) is 12.2 Å². The SMILES string of the molecule is O=C(O)Cn1cc(NC(=O)C2CC=CC2)cn1. The van der Waals surface area contributed by atoms with Crippen molar-refractivity contribution in [3.8, 4) is 0 Å². The van der Waals surface area contributed by atoms with Gasteiger partial charge in [-0.2, -0.15) is 5.10 Å². The maximum atomic E-state index is 11.7. The quantitative estimate of drug-likeness (QED) is 0.758. The van der Waals surface area contributed by atoms with Crippen LogP contribution >= 0.6 is 0 Å². The number of nitrogens with one attached hydrogen (secondary N) is 1. The molecule has 0 aromatic carbocycles. The smallest absolute Gasteiger partial charge is 0.325 e. The third-order valence-electron chi connectivity index (χ3n) is 2.58. The van der Waals surface area contributed by atoms with Gasteiger partial charge in [0, 0.05) is 12.1 Å². The van der Waals surface area contributed by atoms with Crippen molar-refractivity contribution in [2.24, 2.45) is 5.92 Å². The molecule has 0 fully saturated rings. The van der Waals surface area contributed by atoms with Gasteiger partial charge in [0.05, 0.1) is 11.9 Å². The summed E-state index contributed by atoms with van der Waals surface area (Å²) in [6.45, 7) is -0.207. The summed E-state index contributed by atoms with van der Waals surface area (Å²) in [6.07, 6.45) is 8.44. The van der Waals surface area contributed by atoms with E-state index in [2.05, 4.69) is 10.4 Å². The van der Waals surface area contributed by atoms with Crippen molar-refractivity contribution in [3.63, 3.8) is 0 Å². The molecule has 0 bridgehead atoms. The molecule has 0 unspecified atom stereocenters. The summed E-state index contributed by atoms with van der Waals surface area (Å²) in [5.41, 5.74) is 0.531. The molecule has 0 aliphatic heterocycles. The van der Waals surface area contributed by atoms with Crippen molar-refractivity contribution in [1.29, 1.82) is 0 Å². The first-order chi connectivity index (χ1) is 8.15. The Morgan fingerprint density at radius 1 is 1.47 bits per heavy atom. The lowest BCUT2D eigenvalue weighted by Crippen LogP contribution is -2.20. The molecular formula is C11H13N3O3. The van der Waals surface area contributed by atoms with Crippen molar-refractivity contribution in [1.82, 2.24) is 9.78 Å². The lowest BCUT2D eigenvalue weighted by atomic mass is 10.1. The van der Waals surface area contributed by atoms with Gasteiger partial charge < -0.3 is 10.4 Å². The summed E-state index contributed by atoms with van der Waals surface area (Å²) in [6, 6.07) is 0. The number of anilines is 1. The maximum absolute atomic E-state index is 11.7. The Bertz CT molecular complexity index is 456. The van der Waals surface area contributed by atoms with E-state index in [4.69, 9.17) is 5.11 Å².